The Balaban J connectivity index is 1.79. The van der Waals surface area contributed by atoms with E-state index < -0.39 is 11.0 Å². The highest BCUT2D eigenvalue weighted by molar-refractivity contribution is 5.91. The number of hydrogen-bond donors (Lipinski definition) is 1. The minimum atomic E-state index is -0.483. The van der Waals surface area contributed by atoms with E-state index in [0.29, 0.717) is 5.56 Å². The molecule has 154 valence electrons. The van der Waals surface area contributed by atoms with Gasteiger partial charge in [-0.25, -0.2) is 0 Å². The molecular formula is C22H22N4O4. The molecule has 8 heteroatoms. The summed E-state index contributed by atoms with van der Waals surface area (Å²) < 4.78 is 5.40. The van der Waals surface area contributed by atoms with E-state index in [-0.39, 0.29) is 29.2 Å². The summed E-state index contributed by atoms with van der Waals surface area (Å²) >= 11 is 0. The van der Waals surface area contributed by atoms with Crippen molar-refractivity contribution in [1.29, 1.82) is 0 Å². The molecule has 2 atom stereocenters. The first kappa shape index (κ1) is 20.9. The van der Waals surface area contributed by atoms with E-state index in [9.17, 15) is 14.9 Å². The highest BCUT2D eigenvalue weighted by Crippen LogP contribution is 2.27. The third-order valence-corrected chi connectivity index (χ3v) is 4.76. The summed E-state index contributed by atoms with van der Waals surface area (Å²) in [5.41, 5.74) is 1.33. The summed E-state index contributed by atoms with van der Waals surface area (Å²) in [4.78, 5) is 27.4. The second kappa shape index (κ2) is 9.60. The predicted octanol–water partition coefficient (Wildman–Crippen LogP) is 4.56. The lowest BCUT2D eigenvalue weighted by molar-refractivity contribution is -0.384. The van der Waals surface area contributed by atoms with Crippen molar-refractivity contribution in [3.05, 3.63) is 82.2 Å². The predicted molar refractivity (Wildman–Crippen MR) is 112 cm³/mol. The maximum Gasteiger partial charge on any atom is 0.270 e. The molecule has 0 fully saturated rings. The Labute approximate surface area is 173 Å². The normalized spacial score (nSPS) is 13.1. The number of amides is 1. The molecule has 8 nitrogen and oxygen atoms in total. The maximum atomic E-state index is 12.5. The Kier molecular flexibility index (Phi) is 6.69. The summed E-state index contributed by atoms with van der Waals surface area (Å²) in [6, 6.07) is 15.0. The molecule has 1 aromatic heterocycles. The van der Waals surface area contributed by atoms with Crippen LogP contribution in [0.2, 0.25) is 0 Å². The number of nitrogens with one attached hydrogen (secondary N) is 1. The molecule has 2 aromatic carbocycles. The lowest BCUT2D eigenvalue weighted by Gasteiger charge is -2.19. The fourth-order valence-corrected chi connectivity index (χ4v) is 2.86. The number of carbonyl (C=O) groups is 1. The number of hydrogen-bond acceptors (Lipinski definition) is 6. The van der Waals surface area contributed by atoms with Crippen LogP contribution in [0.5, 0.6) is 0 Å². The van der Waals surface area contributed by atoms with E-state index in [1.165, 1.54) is 18.2 Å². The highest BCUT2D eigenvalue weighted by Gasteiger charge is 2.26. The molecule has 1 amide bonds. The summed E-state index contributed by atoms with van der Waals surface area (Å²) in [6.07, 6.45) is 3.97. The van der Waals surface area contributed by atoms with Crippen LogP contribution >= 0.6 is 0 Å². The molecule has 0 saturated heterocycles. The van der Waals surface area contributed by atoms with Crippen LogP contribution in [-0.4, -0.2) is 21.0 Å². The van der Waals surface area contributed by atoms with Crippen molar-refractivity contribution in [3.8, 4) is 11.4 Å². The van der Waals surface area contributed by atoms with Crippen LogP contribution in [0, 0.1) is 16.0 Å². The van der Waals surface area contributed by atoms with E-state index >= 15 is 0 Å². The molecule has 3 aromatic rings. The molecule has 0 unspecified atom stereocenters. The largest absolute Gasteiger partial charge is 0.340 e. The number of nitrogens with zero attached hydrogens (tertiary/aromatic N) is 3. The molecule has 3 rings (SSSR count). The van der Waals surface area contributed by atoms with E-state index in [0.717, 1.165) is 12.0 Å². The van der Waals surface area contributed by atoms with Crippen molar-refractivity contribution < 1.29 is 14.2 Å². The van der Waals surface area contributed by atoms with Crippen LogP contribution in [0.25, 0.3) is 17.5 Å². The summed E-state index contributed by atoms with van der Waals surface area (Å²) in [7, 11) is 0. The smallest absolute Gasteiger partial charge is 0.270 e. The molecule has 0 radical (unpaired) electrons. The van der Waals surface area contributed by atoms with E-state index in [1.807, 2.05) is 44.2 Å². The number of benzene rings is 2. The fourth-order valence-electron chi connectivity index (χ4n) is 2.86. The van der Waals surface area contributed by atoms with Gasteiger partial charge < -0.3 is 9.84 Å². The van der Waals surface area contributed by atoms with Crippen LogP contribution in [0.4, 0.5) is 5.69 Å². The summed E-state index contributed by atoms with van der Waals surface area (Å²) in [6.45, 7) is 3.98. The van der Waals surface area contributed by atoms with Gasteiger partial charge in [-0.1, -0.05) is 67.9 Å². The van der Waals surface area contributed by atoms with Crippen molar-refractivity contribution in [3.63, 3.8) is 0 Å². The minimum Gasteiger partial charge on any atom is -0.340 e. The Morgan fingerprint density at radius 1 is 1.23 bits per heavy atom. The second-order valence-electron chi connectivity index (χ2n) is 6.88. The topological polar surface area (TPSA) is 111 Å². The number of nitro groups is 1. The number of carbonyl (C=O) groups excluding carboxylic acids is 1. The van der Waals surface area contributed by atoms with Gasteiger partial charge in [0.05, 0.1) is 4.92 Å². The molecule has 1 heterocycles. The van der Waals surface area contributed by atoms with Crippen LogP contribution in [0.15, 0.2) is 65.2 Å². The van der Waals surface area contributed by atoms with Gasteiger partial charge in [0, 0.05) is 23.8 Å². The molecule has 0 aliphatic carbocycles. The van der Waals surface area contributed by atoms with Crippen molar-refractivity contribution in [2.75, 3.05) is 0 Å². The van der Waals surface area contributed by atoms with Gasteiger partial charge >= 0.3 is 0 Å². The third kappa shape index (κ3) is 5.16. The average Bonchev–Trinajstić information content (AvgIpc) is 3.26. The zero-order valence-corrected chi connectivity index (χ0v) is 16.7. The van der Waals surface area contributed by atoms with Gasteiger partial charge in [0.25, 0.3) is 5.69 Å². The van der Waals surface area contributed by atoms with Crippen molar-refractivity contribution in [1.82, 2.24) is 15.5 Å². The zero-order chi connectivity index (χ0) is 21.5. The highest BCUT2D eigenvalue weighted by atomic mass is 16.6. The van der Waals surface area contributed by atoms with Gasteiger partial charge in [0.1, 0.15) is 6.04 Å². The Morgan fingerprint density at radius 2 is 2.00 bits per heavy atom. The maximum absolute atomic E-state index is 12.5. The standard InChI is InChI=1S/C22H22N4O4/c1-3-15(2)20(23-19(27)13-12-16-8-5-4-6-9-16)22-24-21(25-30-22)17-10-7-11-18(14-17)26(28)29/h4-15,20H,3H2,1-2H3,(H,23,27)/b13-12+/t15-,20-/m0/s1. The molecular weight excluding hydrogens is 384 g/mol. The number of non-ortho nitro benzene ring substituents is 1. The van der Waals surface area contributed by atoms with Crippen molar-refractivity contribution in [2.24, 2.45) is 5.92 Å². The van der Waals surface area contributed by atoms with Crippen LogP contribution in [0.1, 0.15) is 37.8 Å². The SMILES string of the molecule is CC[C@H](C)[C@H](NC(=O)/C=C/c1ccccc1)c1nc(-c2cccc([N+](=O)[O-])c2)no1. The minimum absolute atomic E-state index is 0.0393. The first-order valence-electron chi connectivity index (χ1n) is 9.60. The van der Waals surface area contributed by atoms with Gasteiger partial charge in [-0.2, -0.15) is 4.98 Å². The first-order chi connectivity index (χ1) is 14.5. The van der Waals surface area contributed by atoms with Gasteiger partial charge in [-0.3, -0.25) is 14.9 Å². The van der Waals surface area contributed by atoms with Gasteiger partial charge in [-0.15, -0.1) is 0 Å². The van der Waals surface area contributed by atoms with E-state index in [2.05, 4.69) is 15.5 Å². The number of aromatic nitrogens is 2. The van der Waals surface area contributed by atoms with Gasteiger partial charge in [0.15, 0.2) is 0 Å². The molecule has 30 heavy (non-hydrogen) atoms. The Morgan fingerprint density at radius 3 is 2.70 bits per heavy atom. The number of rotatable bonds is 8. The van der Waals surface area contributed by atoms with Crippen molar-refractivity contribution >= 4 is 17.7 Å². The first-order valence-corrected chi connectivity index (χ1v) is 9.60. The summed E-state index contributed by atoms with van der Waals surface area (Å²) in [5.74, 6) is 0.250. The van der Waals surface area contributed by atoms with Crippen LogP contribution in [0.3, 0.4) is 0 Å². The lowest BCUT2D eigenvalue weighted by Crippen LogP contribution is -2.31. The summed E-state index contributed by atoms with van der Waals surface area (Å²) in [5, 5.41) is 17.9. The quantitative estimate of drug-likeness (QED) is 0.333. The second-order valence-corrected chi connectivity index (χ2v) is 6.88. The molecule has 0 saturated carbocycles. The van der Waals surface area contributed by atoms with E-state index in [4.69, 9.17) is 4.52 Å². The van der Waals surface area contributed by atoms with Crippen molar-refractivity contribution in [2.45, 2.75) is 26.3 Å². The number of nitro benzene ring substituents is 1. The zero-order valence-electron chi connectivity index (χ0n) is 16.7. The Bertz CT molecular complexity index is 1050. The molecule has 0 aliphatic rings. The van der Waals surface area contributed by atoms with E-state index in [1.54, 1.807) is 18.2 Å². The van der Waals surface area contributed by atoms with Gasteiger partial charge in [-0.05, 0) is 17.6 Å². The third-order valence-electron chi connectivity index (χ3n) is 4.76. The van der Waals surface area contributed by atoms with Crippen LogP contribution < -0.4 is 5.32 Å². The van der Waals surface area contributed by atoms with Gasteiger partial charge in [0.2, 0.25) is 17.6 Å². The molecule has 0 bridgehead atoms. The Hall–Kier alpha value is -3.81. The molecule has 1 N–H and O–H groups in total. The average molecular weight is 406 g/mol. The molecule has 0 aliphatic heterocycles. The lowest BCUT2D eigenvalue weighted by atomic mass is 9.99. The monoisotopic (exact) mass is 406 g/mol. The molecule has 0 spiro atoms. The van der Waals surface area contributed by atoms with Crippen LogP contribution in [-0.2, 0) is 4.79 Å². The fraction of sp³-hybridized carbons (Fsp3) is 0.227.